The van der Waals surface area contributed by atoms with Crippen LogP contribution in [0.15, 0.2) is 18.2 Å². The molecule has 1 aromatic carbocycles. The van der Waals surface area contributed by atoms with Gasteiger partial charge in [0, 0.05) is 26.2 Å². The third-order valence-corrected chi connectivity index (χ3v) is 3.72. The second-order valence-corrected chi connectivity index (χ2v) is 5.68. The molecule has 1 unspecified atom stereocenters. The van der Waals surface area contributed by atoms with Crippen molar-refractivity contribution in [3.8, 4) is 5.75 Å². The lowest BCUT2D eigenvalue weighted by Crippen LogP contribution is -2.40. The lowest BCUT2D eigenvalue weighted by atomic mass is 10.0. The zero-order valence-electron chi connectivity index (χ0n) is 12.8. The molecule has 1 saturated heterocycles. The number of hydrogen-bond acceptors (Lipinski definition) is 4. The van der Waals surface area contributed by atoms with E-state index in [1.165, 1.54) is 11.3 Å². The van der Waals surface area contributed by atoms with Crippen LogP contribution < -0.4 is 15.4 Å². The Bertz CT molecular complexity index is 428. The molecule has 0 saturated carbocycles. The van der Waals surface area contributed by atoms with Gasteiger partial charge >= 0.3 is 0 Å². The molecule has 112 valence electrons. The highest BCUT2D eigenvalue weighted by Crippen LogP contribution is 2.32. The van der Waals surface area contributed by atoms with Crippen molar-refractivity contribution in [3.63, 3.8) is 0 Å². The molecule has 2 rings (SSSR count). The number of anilines is 1. The Morgan fingerprint density at radius 3 is 2.70 bits per heavy atom. The molecule has 2 N–H and O–H groups in total. The summed E-state index contributed by atoms with van der Waals surface area (Å²) < 4.78 is 11.2. The topological polar surface area (TPSA) is 47.7 Å². The zero-order valence-corrected chi connectivity index (χ0v) is 12.8. The molecule has 1 atom stereocenters. The summed E-state index contributed by atoms with van der Waals surface area (Å²) in [5, 5.41) is 0. The van der Waals surface area contributed by atoms with Crippen LogP contribution in [0.25, 0.3) is 0 Å². The number of aryl methyl sites for hydroxylation is 1. The van der Waals surface area contributed by atoms with Crippen molar-refractivity contribution in [2.75, 3.05) is 31.7 Å². The fourth-order valence-electron chi connectivity index (χ4n) is 2.60. The molecular weight excluding hydrogens is 252 g/mol. The average molecular weight is 278 g/mol. The summed E-state index contributed by atoms with van der Waals surface area (Å²) >= 11 is 0. The van der Waals surface area contributed by atoms with Crippen LogP contribution >= 0.6 is 0 Å². The second-order valence-electron chi connectivity index (χ2n) is 5.68. The third-order valence-electron chi connectivity index (χ3n) is 3.72. The van der Waals surface area contributed by atoms with E-state index in [1.54, 1.807) is 7.11 Å². The normalized spacial score (nSPS) is 18.1. The minimum Gasteiger partial charge on any atom is -0.486 e. The first kappa shape index (κ1) is 15.1. The maximum absolute atomic E-state index is 6.02. The molecule has 1 aliphatic rings. The van der Waals surface area contributed by atoms with E-state index >= 15 is 0 Å². The highest BCUT2D eigenvalue weighted by atomic mass is 16.5. The van der Waals surface area contributed by atoms with Crippen molar-refractivity contribution in [2.24, 2.45) is 5.73 Å². The van der Waals surface area contributed by atoms with Gasteiger partial charge in [-0.1, -0.05) is 6.07 Å². The van der Waals surface area contributed by atoms with Crippen LogP contribution in [0, 0.1) is 6.92 Å². The molecule has 4 heteroatoms. The summed E-state index contributed by atoms with van der Waals surface area (Å²) in [6.45, 7) is 6.73. The number of ether oxygens (including phenoxy) is 2. The number of piperidine rings is 1. The molecule has 0 spiro atoms. The van der Waals surface area contributed by atoms with Gasteiger partial charge in [-0.15, -0.1) is 0 Å². The van der Waals surface area contributed by atoms with Crippen molar-refractivity contribution < 1.29 is 9.47 Å². The van der Waals surface area contributed by atoms with Gasteiger partial charge in [0.25, 0.3) is 0 Å². The van der Waals surface area contributed by atoms with Gasteiger partial charge in [0.05, 0.1) is 12.3 Å². The molecule has 0 aliphatic carbocycles. The van der Waals surface area contributed by atoms with Crippen LogP contribution in [-0.2, 0) is 4.74 Å². The highest BCUT2D eigenvalue weighted by molar-refractivity contribution is 5.60. The molecule has 0 aromatic heterocycles. The Morgan fingerprint density at radius 1 is 1.35 bits per heavy atom. The molecular formula is C16H26N2O2. The van der Waals surface area contributed by atoms with E-state index < -0.39 is 0 Å². The fourth-order valence-corrected chi connectivity index (χ4v) is 2.60. The predicted molar refractivity (Wildman–Crippen MR) is 82.6 cm³/mol. The molecule has 1 aromatic rings. The zero-order chi connectivity index (χ0) is 14.5. The molecule has 0 amide bonds. The molecule has 0 bridgehead atoms. The van der Waals surface area contributed by atoms with Gasteiger partial charge in [-0.2, -0.15) is 0 Å². The summed E-state index contributed by atoms with van der Waals surface area (Å²) in [5.74, 6) is 0.940. The first-order valence-corrected chi connectivity index (χ1v) is 7.37. The predicted octanol–water partition coefficient (Wildman–Crippen LogP) is 2.34. The Balaban J connectivity index is 2.15. The standard InChI is InChI=1S/C16H26N2O2/c1-12-4-5-16(20-13(2)11-19-3)15(10-12)18-8-6-14(17)7-9-18/h4-5,10,13-14H,6-9,11,17H2,1-3H3. The minimum atomic E-state index is 0.0495. The van der Waals surface area contributed by atoms with Gasteiger partial charge in [0.15, 0.2) is 0 Å². The van der Waals surface area contributed by atoms with Crippen molar-refractivity contribution in [2.45, 2.75) is 38.8 Å². The lowest BCUT2D eigenvalue weighted by Gasteiger charge is -2.33. The van der Waals surface area contributed by atoms with E-state index in [0.29, 0.717) is 12.6 Å². The smallest absolute Gasteiger partial charge is 0.143 e. The van der Waals surface area contributed by atoms with Gasteiger partial charge < -0.3 is 20.1 Å². The summed E-state index contributed by atoms with van der Waals surface area (Å²) in [6.07, 6.45) is 2.13. The summed E-state index contributed by atoms with van der Waals surface area (Å²) in [4.78, 5) is 2.38. The van der Waals surface area contributed by atoms with Gasteiger partial charge in [-0.25, -0.2) is 0 Å². The number of methoxy groups -OCH3 is 1. The van der Waals surface area contributed by atoms with Gasteiger partial charge in [-0.3, -0.25) is 0 Å². The van der Waals surface area contributed by atoms with E-state index in [1.807, 2.05) is 6.92 Å². The van der Waals surface area contributed by atoms with Crippen LogP contribution in [0.2, 0.25) is 0 Å². The van der Waals surface area contributed by atoms with Crippen molar-refractivity contribution in [3.05, 3.63) is 23.8 Å². The molecule has 1 fully saturated rings. The van der Waals surface area contributed by atoms with Crippen LogP contribution in [0.3, 0.4) is 0 Å². The van der Waals surface area contributed by atoms with E-state index in [2.05, 4.69) is 30.0 Å². The van der Waals surface area contributed by atoms with Gasteiger partial charge in [0.1, 0.15) is 11.9 Å². The van der Waals surface area contributed by atoms with Gasteiger partial charge in [0.2, 0.25) is 0 Å². The molecule has 0 radical (unpaired) electrons. The number of nitrogens with zero attached hydrogens (tertiary/aromatic N) is 1. The Morgan fingerprint density at radius 2 is 2.05 bits per heavy atom. The van der Waals surface area contributed by atoms with Crippen LogP contribution in [0.4, 0.5) is 5.69 Å². The van der Waals surface area contributed by atoms with E-state index in [4.69, 9.17) is 15.2 Å². The monoisotopic (exact) mass is 278 g/mol. The number of nitrogens with two attached hydrogens (primary N) is 1. The first-order chi connectivity index (χ1) is 9.60. The lowest BCUT2D eigenvalue weighted by molar-refractivity contribution is 0.0923. The van der Waals surface area contributed by atoms with Gasteiger partial charge in [-0.05, 0) is 44.4 Å². The Kier molecular flexibility index (Phi) is 5.26. The van der Waals surface area contributed by atoms with Crippen molar-refractivity contribution in [1.82, 2.24) is 0 Å². The number of rotatable bonds is 5. The molecule has 20 heavy (non-hydrogen) atoms. The van der Waals surface area contributed by atoms with Crippen LogP contribution in [0.1, 0.15) is 25.3 Å². The summed E-state index contributed by atoms with van der Waals surface area (Å²) in [6, 6.07) is 6.69. The van der Waals surface area contributed by atoms with E-state index in [-0.39, 0.29) is 6.10 Å². The fraction of sp³-hybridized carbons (Fsp3) is 0.625. The Labute approximate surface area is 121 Å². The average Bonchev–Trinajstić information content (AvgIpc) is 2.42. The summed E-state index contributed by atoms with van der Waals surface area (Å²) in [7, 11) is 1.70. The largest absolute Gasteiger partial charge is 0.486 e. The maximum atomic E-state index is 6.02. The summed E-state index contributed by atoms with van der Waals surface area (Å²) in [5.41, 5.74) is 8.42. The van der Waals surface area contributed by atoms with Crippen LogP contribution in [-0.4, -0.2) is 39.0 Å². The molecule has 1 heterocycles. The Hall–Kier alpha value is -1.26. The molecule has 4 nitrogen and oxygen atoms in total. The number of benzene rings is 1. The second kappa shape index (κ2) is 6.95. The van der Waals surface area contributed by atoms with E-state index in [9.17, 15) is 0 Å². The highest BCUT2D eigenvalue weighted by Gasteiger charge is 2.20. The van der Waals surface area contributed by atoms with E-state index in [0.717, 1.165) is 31.7 Å². The van der Waals surface area contributed by atoms with Crippen molar-refractivity contribution >= 4 is 5.69 Å². The maximum Gasteiger partial charge on any atom is 0.143 e. The minimum absolute atomic E-state index is 0.0495. The van der Waals surface area contributed by atoms with Crippen molar-refractivity contribution in [1.29, 1.82) is 0 Å². The van der Waals surface area contributed by atoms with Crippen LogP contribution in [0.5, 0.6) is 5.75 Å². The first-order valence-electron chi connectivity index (χ1n) is 7.37. The molecule has 1 aliphatic heterocycles. The number of hydrogen-bond donors (Lipinski definition) is 1. The SMILES string of the molecule is COCC(C)Oc1ccc(C)cc1N1CCC(N)CC1. The third kappa shape index (κ3) is 3.87. The quantitative estimate of drug-likeness (QED) is 0.898.